The van der Waals surface area contributed by atoms with E-state index in [0.29, 0.717) is 22.0 Å². The Morgan fingerprint density at radius 1 is 1.00 bits per heavy atom. The zero-order chi connectivity index (χ0) is 17.8. The molecule has 3 N–H and O–H groups in total. The summed E-state index contributed by atoms with van der Waals surface area (Å²) >= 11 is 5.87. The summed E-state index contributed by atoms with van der Waals surface area (Å²) in [5.74, 6) is -0.902. The minimum atomic E-state index is -0.902. The molecule has 0 amide bonds. The largest absolute Gasteiger partial charge is 0.481 e. The van der Waals surface area contributed by atoms with Gasteiger partial charge in [-0.2, -0.15) is 5.11 Å². The smallest absolute Gasteiger partial charge is 0.307 e. The SMILES string of the molecule is O=C(O)Cc1ccc(N=Nc2c(-c3ccc(Cl)cc3)[nH][nH]c2=O)cc1. The summed E-state index contributed by atoms with van der Waals surface area (Å²) in [7, 11) is 0. The van der Waals surface area contributed by atoms with E-state index in [1.54, 1.807) is 48.5 Å². The standard InChI is InChI=1S/C17H13ClN4O3/c18-12-5-3-11(4-6-12)15-16(17(25)22-20-15)21-19-13-7-1-10(2-8-13)9-14(23)24/h1-8H,9H2,(H,23,24)(H2,20,22,25). The molecule has 2 aromatic carbocycles. The molecule has 8 heteroatoms. The van der Waals surface area contributed by atoms with Crippen LogP contribution in [0.2, 0.25) is 5.02 Å². The van der Waals surface area contributed by atoms with Gasteiger partial charge in [-0.05, 0) is 29.8 Å². The van der Waals surface area contributed by atoms with Gasteiger partial charge in [-0.3, -0.25) is 19.8 Å². The van der Waals surface area contributed by atoms with E-state index in [1.807, 2.05) is 0 Å². The maximum absolute atomic E-state index is 11.9. The maximum Gasteiger partial charge on any atom is 0.307 e. The van der Waals surface area contributed by atoms with Crippen molar-refractivity contribution in [1.82, 2.24) is 10.2 Å². The first-order valence-electron chi connectivity index (χ1n) is 7.32. The molecule has 0 aliphatic carbocycles. The normalized spacial score (nSPS) is 11.1. The van der Waals surface area contributed by atoms with Crippen LogP contribution in [0.3, 0.4) is 0 Å². The van der Waals surface area contributed by atoms with Crippen molar-refractivity contribution >= 4 is 28.9 Å². The Kier molecular flexibility index (Phi) is 4.76. The highest BCUT2D eigenvalue weighted by molar-refractivity contribution is 6.30. The Morgan fingerprint density at radius 2 is 1.68 bits per heavy atom. The molecule has 7 nitrogen and oxygen atoms in total. The number of aliphatic carboxylic acids is 1. The molecule has 0 unspecified atom stereocenters. The van der Waals surface area contributed by atoms with Crippen LogP contribution >= 0.6 is 11.6 Å². The number of halogens is 1. The highest BCUT2D eigenvalue weighted by atomic mass is 35.5. The molecule has 0 fully saturated rings. The van der Waals surface area contributed by atoms with E-state index in [-0.39, 0.29) is 12.1 Å². The van der Waals surface area contributed by atoms with E-state index in [0.717, 1.165) is 5.56 Å². The fourth-order valence-electron chi connectivity index (χ4n) is 2.23. The van der Waals surface area contributed by atoms with Crippen molar-refractivity contribution in [1.29, 1.82) is 0 Å². The van der Waals surface area contributed by atoms with Crippen molar-refractivity contribution in [3.05, 3.63) is 69.5 Å². The number of H-pyrrole nitrogens is 2. The number of carboxylic acids is 1. The quantitative estimate of drug-likeness (QED) is 0.599. The number of nitrogens with zero attached hydrogens (tertiary/aromatic N) is 2. The first-order valence-corrected chi connectivity index (χ1v) is 7.70. The van der Waals surface area contributed by atoms with Crippen LogP contribution in [0.1, 0.15) is 5.56 Å². The fraction of sp³-hybridized carbons (Fsp3) is 0.0588. The van der Waals surface area contributed by atoms with Gasteiger partial charge in [0.1, 0.15) is 0 Å². The molecule has 1 aromatic heterocycles. The van der Waals surface area contributed by atoms with E-state index >= 15 is 0 Å². The van der Waals surface area contributed by atoms with Gasteiger partial charge in [0.05, 0.1) is 17.8 Å². The average molecular weight is 357 g/mol. The number of carboxylic acid groups (broad SMARTS) is 1. The Morgan fingerprint density at radius 3 is 2.32 bits per heavy atom. The van der Waals surface area contributed by atoms with Crippen molar-refractivity contribution in [3.63, 3.8) is 0 Å². The average Bonchev–Trinajstić information content (AvgIpc) is 2.95. The molecule has 25 heavy (non-hydrogen) atoms. The van der Waals surface area contributed by atoms with Crippen LogP contribution in [0.4, 0.5) is 11.4 Å². The number of aromatic amines is 2. The molecule has 126 valence electrons. The van der Waals surface area contributed by atoms with Crippen LogP contribution in [0, 0.1) is 0 Å². The molecular formula is C17H13ClN4O3. The lowest BCUT2D eigenvalue weighted by Gasteiger charge is -1.99. The molecule has 0 atom stereocenters. The summed E-state index contributed by atoms with van der Waals surface area (Å²) in [4.78, 5) is 22.6. The summed E-state index contributed by atoms with van der Waals surface area (Å²) in [5.41, 5.74) is 2.18. The van der Waals surface area contributed by atoms with E-state index < -0.39 is 11.5 Å². The molecule has 0 saturated carbocycles. The van der Waals surface area contributed by atoms with Crippen LogP contribution in [-0.4, -0.2) is 21.3 Å². The number of rotatable bonds is 5. The Bertz CT molecular complexity index is 972. The zero-order valence-corrected chi connectivity index (χ0v) is 13.6. The number of aromatic nitrogens is 2. The van der Waals surface area contributed by atoms with Gasteiger partial charge in [0, 0.05) is 10.6 Å². The second-order valence-electron chi connectivity index (χ2n) is 5.25. The molecule has 0 radical (unpaired) electrons. The lowest BCUT2D eigenvalue weighted by molar-refractivity contribution is -0.136. The monoisotopic (exact) mass is 356 g/mol. The first-order chi connectivity index (χ1) is 12.0. The van der Waals surface area contributed by atoms with Gasteiger partial charge in [0.25, 0.3) is 5.56 Å². The Balaban J connectivity index is 1.86. The second-order valence-corrected chi connectivity index (χ2v) is 5.68. The molecular weight excluding hydrogens is 344 g/mol. The number of nitrogens with one attached hydrogen (secondary N) is 2. The number of azo groups is 1. The predicted octanol–water partition coefficient (Wildman–Crippen LogP) is 4.07. The third kappa shape index (κ3) is 4.02. The summed E-state index contributed by atoms with van der Waals surface area (Å²) in [6.45, 7) is 0. The van der Waals surface area contributed by atoms with E-state index in [1.165, 1.54) is 0 Å². The second kappa shape index (κ2) is 7.14. The number of carbonyl (C=O) groups is 1. The van der Waals surface area contributed by atoms with E-state index in [9.17, 15) is 9.59 Å². The summed E-state index contributed by atoms with van der Waals surface area (Å²) in [6, 6.07) is 13.6. The van der Waals surface area contributed by atoms with Gasteiger partial charge in [0.15, 0.2) is 5.69 Å². The number of benzene rings is 2. The fourth-order valence-corrected chi connectivity index (χ4v) is 2.36. The van der Waals surface area contributed by atoms with Crippen molar-refractivity contribution < 1.29 is 9.90 Å². The summed E-state index contributed by atoms with van der Waals surface area (Å²) in [6.07, 6.45) is -0.0599. The molecule has 3 rings (SSSR count). The van der Waals surface area contributed by atoms with Crippen molar-refractivity contribution in [2.45, 2.75) is 6.42 Å². The molecule has 3 aromatic rings. The summed E-state index contributed by atoms with van der Waals surface area (Å²) in [5, 5.41) is 22.7. The lowest BCUT2D eigenvalue weighted by Crippen LogP contribution is -1.99. The van der Waals surface area contributed by atoms with Gasteiger partial charge in [0.2, 0.25) is 0 Å². The summed E-state index contributed by atoms with van der Waals surface area (Å²) < 4.78 is 0. The van der Waals surface area contributed by atoms with Crippen LogP contribution in [0.25, 0.3) is 11.3 Å². The molecule has 0 aliphatic heterocycles. The maximum atomic E-state index is 11.9. The molecule has 0 bridgehead atoms. The number of hydrogen-bond acceptors (Lipinski definition) is 4. The zero-order valence-electron chi connectivity index (χ0n) is 12.9. The van der Waals surface area contributed by atoms with Crippen LogP contribution < -0.4 is 5.56 Å². The Labute approximate surface area is 147 Å². The van der Waals surface area contributed by atoms with Crippen LogP contribution in [0.15, 0.2) is 63.6 Å². The van der Waals surface area contributed by atoms with Gasteiger partial charge in [-0.1, -0.05) is 35.9 Å². The van der Waals surface area contributed by atoms with Crippen molar-refractivity contribution in [3.8, 4) is 11.3 Å². The molecule has 1 heterocycles. The lowest BCUT2D eigenvalue weighted by atomic mass is 10.1. The number of hydrogen-bond donors (Lipinski definition) is 3. The van der Waals surface area contributed by atoms with Crippen LogP contribution in [0.5, 0.6) is 0 Å². The molecule has 0 aliphatic rings. The molecule has 0 spiro atoms. The topological polar surface area (TPSA) is 111 Å². The van der Waals surface area contributed by atoms with Gasteiger partial charge in [-0.25, -0.2) is 0 Å². The predicted molar refractivity (Wildman–Crippen MR) is 93.8 cm³/mol. The van der Waals surface area contributed by atoms with Crippen molar-refractivity contribution in [2.24, 2.45) is 10.2 Å². The highest BCUT2D eigenvalue weighted by Gasteiger charge is 2.11. The van der Waals surface area contributed by atoms with E-state index in [2.05, 4.69) is 20.4 Å². The van der Waals surface area contributed by atoms with E-state index in [4.69, 9.17) is 16.7 Å². The van der Waals surface area contributed by atoms with Crippen LogP contribution in [-0.2, 0) is 11.2 Å². The minimum absolute atomic E-state index is 0.0599. The minimum Gasteiger partial charge on any atom is -0.481 e. The third-order valence-electron chi connectivity index (χ3n) is 3.44. The molecule has 0 saturated heterocycles. The first kappa shape index (κ1) is 16.7. The van der Waals surface area contributed by atoms with Gasteiger partial charge in [-0.15, -0.1) is 5.11 Å². The third-order valence-corrected chi connectivity index (χ3v) is 3.69. The Hall–Kier alpha value is -3.19. The van der Waals surface area contributed by atoms with Crippen molar-refractivity contribution in [2.75, 3.05) is 0 Å². The van der Waals surface area contributed by atoms with Gasteiger partial charge < -0.3 is 5.11 Å². The highest BCUT2D eigenvalue weighted by Crippen LogP contribution is 2.27. The van der Waals surface area contributed by atoms with Gasteiger partial charge >= 0.3 is 5.97 Å².